The molecule has 0 aliphatic rings. The fourth-order valence-electron chi connectivity index (χ4n) is 1.31. The molecule has 0 radical (unpaired) electrons. The average Bonchev–Trinajstić information content (AvgIpc) is 2.47. The lowest BCUT2D eigenvalue weighted by Crippen LogP contribution is -2.28. The molecule has 0 aromatic carbocycles. The van der Waals surface area contributed by atoms with Gasteiger partial charge < -0.3 is 5.73 Å². The van der Waals surface area contributed by atoms with E-state index in [1.165, 1.54) is 11.5 Å². The van der Waals surface area contributed by atoms with Crippen LogP contribution in [0.5, 0.6) is 0 Å². The molecule has 0 bridgehead atoms. The number of aromatic nitrogens is 2. The quantitative estimate of drug-likeness (QED) is 0.802. The zero-order valence-corrected chi connectivity index (χ0v) is 11.3. The van der Waals surface area contributed by atoms with E-state index < -0.39 is 0 Å². The first-order chi connectivity index (χ1) is 6.64. The van der Waals surface area contributed by atoms with Crippen molar-refractivity contribution >= 4 is 11.5 Å². The number of nitrogens with zero attached hydrogens (tertiary/aromatic N) is 2. The molecule has 1 rings (SSSR count). The summed E-state index contributed by atoms with van der Waals surface area (Å²) in [5.74, 6) is 0. The van der Waals surface area contributed by atoms with E-state index in [9.17, 15) is 0 Å². The van der Waals surface area contributed by atoms with Crippen molar-refractivity contribution in [1.82, 2.24) is 9.59 Å². The summed E-state index contributed by atoms with van der Waals surface area (Å²) in [6, 6.07) is 0.00623. The maximum atomic E-state index is 6.24. The molecule has 4 heteroatoms. The Bertz CT molecular complexity index is 330. The molecule has 2 N–H and O–H groups in total. The van der Waals surface area contributed by atoms with Crippen molar-refractivity contribution in [3.05, 3.63) is 10.6 Å². The Morgan fingerprint density at radius 1 is 1.13 bits per heavy atom. The molecular weight excluding hydrogens is 206 g/mol. The highest BCUT2D eigenvalue weighted by Gasteiger charge is 2.31. The minimum atomic E-state index is 0.00623. The molecule has 1 aromatic rings. The Labute approximate surface area is 96.2 Å². The van der Waals surface area contributed by atoms with Gasteiger partial charge in [-0.25, -0.2) is 0 Å². The first-order valence-corrected chi connectivity index (χ1v) is 5.99. The zero-order valence-electron chi connectivity index (χ0n) is 10.5. The maximum absolute atomic E-state index is 6.24. The highest BCUT2D eigenvalue weighted by atomic mass is 32.1. The summed E-state index contributed by atoms with van der Waals surface area (Å²) < 4.78 is 4.03. The molecule has 0 aliphatic carbocycles. The summed E-state index contributed by atoms with van der Waals surface area (Å²) in [6.07, 6.45) is 0. The Morgan fingerprint density at radius 3 is 2.07 bits per heavy atom. The summed E-state index contributed by atoms with van der Waals surface area (Å²) in [6.45, 7) is 12.9. The molecule has 1 atom stereocenters. The largest absolute Gasteiger partial charge is 0.323 e. The van der Waals surface area contributed by atoms with E-state index in [1.807, 2.05) is 0 Å². The lowest BCUT2D eigenvalue weighted by molar-refractivity contribution is 0.326. The topological polar surface area (TPSA) is 51.8 Å². The van der Waals surface area contributed by atoms with E-state index in [4.69, 9.17) is 5.73 Å². The second-order valence-corrected chi connectivity index (χ2v) is 6.87. The van der Waals surface area contributed by atoms with Gasteiger partial charge in [-0.1, -0.05) is 46.0 Å². The monoisotopic (exact) mass is 227 g/mol. The molecule has 0 amide bonds. The van der Waals surface area contributed by atoms with Gasteiger partial charge in [0.05, 0.1) is 10.6 Å². The van der Waals surface area contributed by atoms with Crippen molar-refractivity contribution < 1.29 is 0 Å². The lowest BCUT2D eigenvalue weighted by Gasteiger charge is -2.28. The Morgan fingerprint density at radius 2 is 1.67 bits per heavy atom. The van der Waals surface area contributed by atoms with E-state index in [0.717, 1.165) is 10.6 Å². The van der Waals surface area contributed by atoms with Crippen molar-refractivity contribution in [3.8, 4) is 0 Å². The van der Waals surface area contributed by atoms with E-state index in [-0.39, 0.29) is 16.9 Å². The Hall–Kier alpha value is -0.480. The van der Waals surface area contributed by atoms with Gasteiger partial charge >= 0.3 is 0 Å². The molecule has 0 aliphatic heterocycles. The van der Waals surface area contributed by atoms with Crippen LogP contribution < -0.4 is 5.73 Å². The number of rotatable bonds is 1. The van der Waals surface area contributed by atoms with Crippen LogP contribution in [0.25, 0.3) is 0 Å². The Balaban J connectivity index is 3.12. The molecule has 1 unspecified atom stereocenters. The van der Waals surface area contributed by atoms with E-state index in [2.05, 4.69) is 51.1 Å². The fraction of sp³-hybridized carbons (Fsp3) is 0.818. The standard InChI is InChI=1S/C11H21N3S/c1-10(2,3)8(12)7-9(11(4,5)6)13-14-15-7/h8H,12H2,1-6H3. The lowest BCUT2D eigenvalue weighted by atomic mass is 9.82. The molecule has 0 saturated heterocycles. The zero-order chi connectivity index (χ0) is 11.9. The number of hydrogen-bond acceptors (Lipinski definition) is 4. The summed E-state index contributed by atoms with van der Waals surface area (Å²) in [7, 11) is 0. The normalized spacial score (nSPS) is 15.4. The summed E-state index contributed by atoms with van der Waals surface area (Å²) in [5, 5.41) is 4.21. The van der Waals surface area contributed by atoms with Crippen LogP contribution in [-0.2, 0) is 5.41 Å². The first-order valence-electron chi connectivity index (χ1n) is 5.22. The van der Waals surface area contributed by atoms with E-state index in [1.54, 1.807) is 0 Å². The average molecular weight is 227 g/mol. The smallest absolute Gasteiger partial charge is 0.0857 e. The summed E-state index contributed by atoms with van der Waals surface area (Å²) in [5.41, 5.74) is 7.35. The predicted octanol–water partition coefficient (Wildman–Crippen LogP) is 2.88. The van der Waals surface area contributed by atoms with Gasteiger partial charge in [0.25, 0.3) is 0 Å². The molecule has 1 heterocycles. The third-order valence-electron chi connectivity index (χ3n) is 2.44. The molecule has 3 nitrogen and oxygen atoms in total. The number of nitrogens with two attached hydrogens (primary N) is 1. The molecule has 1 aromatic heterocycles. The second-order valence-electron chi connectivity index (χ2n) is 6.08. The Kier molecular flexibility index (Phi) is 3.22. The molecule has 0 spiro atoms. The van der Waals surface area contributed by atoms with Crippen molar-refractivity contribution in [1.29, 1.82) is 0 Å². The fourth-order valence-corrected chi connectivity index (χ4v) is 2.43. The summed E-state index contributed by atoms with van der Waals surface area (Å²) >= 11 is 1.43. The minimum Gasteiger partial charge on any atom is -0.323 e. The van der Waals surface area contributed by atoms with Gasteiger partial charge in [-0.2, -0.15) is 0 Å². The van der Waals surface area contributed by atoms with Crippen LogP contribution in [0, 0.1) is 5.41 Å². The third kappa shape index (κ3) is 2.75. The van der Waals surface area contributed by atoms with Crippen molar-refractivity contribution in [2.24, 2.45) is 11.1 Å². The van der Waals surface area contributed by atoms with Gasteiger partial charge in [0.15, 0.2) is 0 Å². The van der Waals surface area contributed by atoms with Crippen LogP contribution >= 0.6 is 11.5 Å². The highest BCUT2D eigenvalue weighted by molar-refractivity contribution is 7.05. The van der Waals surface area contributed by atoms with Gasteiger partial charge in [0.2, 0.25) is 0 Å². The van der Waals surface area contributed by atoms with Crippen LogP contribution in [0.1, 0.15) is 58.2 Å². The van der Waals surface area contributed by atoms with Crippen molar-refractivity contribution in [2.45, 2.75) is 53.0 Å². The van der Waals surface area contributed by atoms with Gasteiger partial charge in [-0.3, -0.25) is 0 Å². The van der Waals surface area contributed by atoms with Gasteiger partial charge in [0, 0.05) is 11.5 Å². The molecule has 0 saturated carbocycles. The predicted molar refractivity (Wildman–Crippen MR) is 65.0 cm³/mol. The van der Waals surface area contributed by atoms with E-state index in [0.29, 0.717) is 0 Å². The van der Waals surface area contributed by atoms with Gasteiger partial charge in [-0.15, -0.1) is 5.10 Å². The molecule has 15 heavy (non-hydrogen) atoms. The highest BCUT2D eigenvalue weighted by Crippen LogP contribution is 2.37. The molecular formula is C11H21N3S. The first kappa shape index (κ1) is 12.6. The van der Waals surface area contributed by atoms with Crippen LogP contribution in [0.15, 0.2) is 0 Å². The van der Waals surface area contributed by atoms with Crippen molar-refractivity contribution in [2.75, 3.05) is 0 Å². The third-order valence-corrected chi connectivity index (χ3v) is 3.25. The van der Waals surface area contributed by atoms with Crippen LogP contribution in [0.2, 0.25) is 0 Å². The van der Waals surface area contributed by atoms with Gasteiger partial charge in [-0.05, 0) is 16.9 Å². The molecule has 86 valence electrons. The van der Waals surface area contributed by atoms with Crippen LogP contribution in [-0.4, -0.2) is 9.59 Å². The maximum Gasteiger partial charge on any atom is 0.0857 e. The van der Waals surface area contributed by atoms with Crippen LogP contribution in [0.4, 0.5) is 0 Å². The van der Waals surface area contributed by atoms with Crippen molar-refractivity contribution in [3.63, 3.8) is 0 Å². The summed E-state index contributed by atoms with van der Waals surface area (Å²) in [4.78, 5) is 1.12. The van der Waals surface area contributed by atoms with Gasteiger partial charge in [0.1, 0.15) is 0 Å². The minimum absolute atomic E-state index is 0.00623. The number of hydrogen-bond donors (Lipinski definition) is 1. The second kappa shape index (κ2) is 3.83. The SMILES string of the molecule is CC(C)(C)c1nnsc1C(N)C(C)(C)C. The van der Waals surface area contributed by atoms with E-state index >= 15 is 0 Å². The molecule has 0 fully saturated rings. The van der Waals surface area contributed by atoms with Crippen LogP contribution in [0.3, 0.4) is 0 Å².